The molecule has 4 rings (SSSR count). The molecule has 2 fully saturated rings. The summed E-state index contributed by atoms with van der Waals surface area (Å²) in [5.41, 5.74) is 2.02. The van der Waals surface area contributed by atoms with Crippen molar-refractivity contribution < 1.29 is 17.9 Å². The van der Waals surface area contributed by atoms with Gasteiger partial charge in [0.15, 0.2) is 0 Å². The third-order valence-electron chi connectivity index (χ3n) is 5.66. The van der Waals surface area contributed by atoms with E-state index in [-0.39, 0.29) is 12.5 Å². The Bertz CT molecular complexity index is 1010. The summed E-state index contributed by atoms with van der Waals surface area (Å²) in [6.07, 6.45) is 0. The molecule has 29 heavy (non-hydrogen) atoms. The maximum absolute atomic E-state index is 12.9. The number of para-hydroxylation sites is 1. The van der Waals surface area contributed by atoms with Gasteiger partial charge in [-0.15, -0.1) is 0 Å². The second-order valence-electron chi connectivity index (χ2n) is 7.30. The van der Waals surface area contributed by atoms with Crippen molar-refractivity contribution in [2.45, 2.75) is 13.5 Å². The van der Waals surface area contributed by atoms with E-state index in [1.54, 1.807) is 4.90 Å². The maximum atomic E-state index is 12.9. The second kappa shape index (κ2) is 8.35. The topological polar surface area (TPSA) is 75.1 Å². The summed E-state index contributed by atoms with van der Waals surface area (Å²) in [7, 11) is -3.49. The van der Waals surface area contributed by atoms with E-state index < -0.39 is 10.2 Å². The van der Waals surface area contributed by atoms with Crippen LogP contribution in [-0.2, 0) is 26.3 Å². The molecule has 1 aromatic heterocycles. The van der Waals surface area contributed by atoms with E-state index in [1.807, 2.05) is 35.8 Å². The molecule has 2 saturated heterocycles. The van der Waals surface area contributed by atoms with Gasteiger partial charge in [0.25, 0.3) is 10.2 Å². The van der Waals surface area contributed by atoms with Gasteiger partial charge in [0.2, 0.25) is 5.91 Å². The monoisotopic (exact) mass is 484 g/mol. The fraction of sp³-hybridized carbons (Fsp3) is 0.526. The highest BCUT2D eigenvalue weighted by atomic mass is 79.9. The van der Waals surface area contributed by atoms with E-state index in [2.05, 4.69) is 15.9 Å². The Balaban J connectivity index is 1.42. The molecule has 2 aromatic rings. The summed E-state index contributed by atoms with van der Waals surface area (Å²) in [5.74, 6) is 0.00442. The van der Waals surface area contributed by atoms with Crippen molar-refractivity contribution in [2.24, 2.45) is 0 Å². The lowest BCUT2D eigenvalue weighted by Gasteiger charge is -2.37. The average Bonchev–Trinajstić information content (AvgIpc) is 2.99. The van der Waals surface area contributed by atoms with Crippen LogP contribution in [0.1, 0.15) is 5.69 Å². The molecule has 0 aliphatic carbocycles. The summed E-state index contributed by atoms with van der Waals surface area (Å²) < 4.78 is 36.8. The molecule has 2 aliphatic rings. The van der Waals surface area contributed by atoms with Crippen molar-refractivity contribution in [1.29, 1.82) is 0 Å². The Morgan fingerprint density at radius 3 is 2.34 bits per heavy atom. The zero-order valence-electron chi connectivity index (χ0n) is 16.4. The van der Waals surface area contributed by atoms with E-state index in [1.165, 1.54) is 8.61 Å². The zero-order valence-corrected chi connectivity index (χ0v) is 18.8. The molecule has 0 radical (unpaired) electrons. The third kappa shape index (κ3) is 3.96. The summed E-state index contributed by atoms with van der Waals surface area (Å²) in [4.78, 5) is 14.7. The number of fused-ring (bicyclic) bond motifs is 1. The van der Waals surface area contributed by atoms with Crippen LogP contribution in [0.25, 0.3) is 10.9 Å². The number of carbonyl (C=O) groups is 1. The number of hydrogen-bond donors (Lipinski definition) is 0. The van der Waals surface area contributed by atoms with E-state index in [9.17, 15) is 13.2 Å². The Hall–Kier alpha value is -1.46. The van der Waals surface area contributed by atoms with Gasteiger partial charge in [-0.3, -0.25) is 4.79 Å². The number of hydrogen-bond acceptors (Lipinski definition) is 4. The highest BCUT2D eigenvalue weighted by Crippen LogP contribution is 2.30. The number of rotatable bonds is 4. The van der Waals surface area contributed by atoms with Crippen LogP contribution in [0, 0.1) is 6.92 Å². The largest absolute Gasteiger partial charge is 0.379 e. The highest BCUT2D eigenvalue weighted by molar-refractivity contribution is 9.10. The van der Waals surface area contributed by atoms with Crippen LogP contribution >= 0.6 is 15.9 Å². The van der Waals surface area contributed by atoms with Crippen LogP contribution in [0.4, 0.5) is 0 Å². The second-order valence-corrected chi connectivity index (χ2v) is 10.0. The molecule has 10 heteroatoms. The number of ether oxygens (including phenoxy) is 1. The SMILES string of the molecule is Cc1c(Br)c2ccccc2n1CC(=O)N1CCN(S(=O)(=O)N2CCOCC2)CC1. The van der Waals surface area contributed by atoms with Crippen molar-refractivity contribution in [3.63, 3.8) is 0 Å². The standard InChI is InChI=1S/C19H25BrN4O4S/c1-15-19(20)16-4-2-3-5-17(16)24(15)14-18(25)21-6-8-22(9-7-21)29(26,27)23-10-12-28-13-11-23/h2-5H,6-14H2,1H3. The first kappa shape index (κ1) is 20.8. The molecule has 0 N–H and O–H groups in total. The minimum atomic E-state index is -3.49. The summed E-state index contributed by atoms with van der Waals surface area (Å²) in [5, 5.41) is 1.08. The van der Waals surface area contributed by atoms with Crippen LogP contribution in [0.3, 0.4) is 0 Å². The lowest BCUT2D eigenvalue weighted by atomic mass is 10.2. The molecule has 0 atom stereocenters. The number of nitrogens with zero attached hydrogens (tertiary/aromatic N) is 4. The molecule has 158 valence electrons. The van der Waals surface area contributed by atoms with Gasteiger partial charge in [0.1, 0.15) is 6.54 Å². The van der Waals surface area contributed by atoms with Crippen LogP contribution in [0.5, 0.6) is 0 Å². The molecule has 1 aromatic carbocycles. The average molecular weight is 485 g/mol. The lowest BCUT2D eigenvalue weighted by molar-refractivity contribution is -0.133. The predicted molar refractivity (Wildman–Crippen MR) is 114 cm³/mol. The van der Waals surface area contributed by atoms with Gasteiger partial charge >= 0.3 is 0 Å². The van der Waals surface area contributed by atoms with Crippen LogP contribution in [-0.4, -0.2) is 84.9 Å². The summed E-state index contributed by atoms with van der Waals surface area (Å²) >= 11 is 3.62. The molecular formula is C19H25BrN4O4S. The number of carbonyl (C=O) groups excluding carboxylic acids is 1. The van der Waals surface area contributed by atoms with Crippen molar-refractivity contribution in [3.05, 3.63) is 34.4 Å². The number of piperazine rings is 1. The number of morpholine rings is 1. The minimum absolute atomic E-state index is 0.00442. The fourth-order valence-electron chi connectivity index (χ4n) is 3.94. The van der Waals surface area contributed by atoms with Crippen molar-refractivity contribution >= 4 is 42.9 Å². The van der Waals surface area contributed by atoms with Gasteiger partial charge in [-0.25, -0.2) is 0 Å². The first-order chi connectivity index (χ1) is 13.9. The zero-order chi connectivity index (χ0) is 20.6. The molecule has 8 nitrogen and oxygen atoms in total. The van der Waals surface area contributed by atoms with Gasteiger partial charge in [-0.05, 0) is 28.9 Å². The van der Waals surface area contributed by atoms with Crippen LogP contribution in [0.15, 0.2) is 28.7 Å². The van der Waals surface area contributed by atoms with Crippen molar-refractivity contribution in [3.8, 4) is 0 Å². The fourth-order valence-corrected chi connectivity index (χ4v) is 6.05. The first-order valence-electron chi connectivity index (χ1n) is 9.73. The molecule has 3 heterocycles. The Morgan fingerprint density at radius 2 is 1.66 bits per heavy atom. The normalized spacial score (nSPS) is 19.7. The van der Waals surface area contributed by atoms with Crippen LogP contribution < -0.4 is 0 Å². The number of benzene rings is 1. The molecule has 1 amide bonds. The highest BCUT2D eigenvalue weighted by Gasteiger charge is 2.34. The minimum Gasteiger partial charge on any atom is -0.379 e. The number of aromatic nitrogens is 1. The Labute approximate surface area is 179 Å². The van der Waals surface area contributed by atoms with E-state index >= 15 is 0 Å². The van der Waals surface area contributed by atoms with Crippen LogP contribution in [0.2, 0.25) is 0 Å². The Morgan fingerprint density at radius 1 is 1.03 bits per heavy atom. The van der Waals surface area contributed by atoms with Gasteiger partial charge in [0.05, 0.1) is 13.2 Å². The van der Waals surface area contributed by atoms with Gasteiger partial charge < -0.3 is 14.2 Å². The molecule has 0 unspecified atom stereocenters. The first-order valence-corrected chi connectivity index (χ1v) is 11.9. The van der Waals surface area contributed by atoms with E-state index in [0.717, 1.165) is 21.1 Å². The van der Waals surface area contributed by atoms with Crippen molar-refractivity contribution in [2.75, 3.05) is 52.5 Å². The van der Waals surface area contributed by atoms with Gasteiger partial charge in [0, 0.05) is 60.3 Å². The summed E-state index contributed by atoms with van der Waals surface area (Å²) in [6.45, 7) is 5.31. The lowest BCUT2D eigenvalue weighted by Crippen LogP contribution is -2.56. The molecule has 0 spiro atoms. The van der Waals surface area contributed by atoms with E-state index in [0.29, 0.717) is 52.5 Å². The summed E-state index contributed by atoms with van der Waals surface area (Å²) in [6, 6.07) is 7.98. The smallest absolute Gasteiger partial charge is 0.282 e. The third-order valence-corrected chi connectivity index (χ3v) is 8.70. The molecule has 2 aliphatic heterocycles. The molecule has 0 bridgehead atoms. The quantitative estimate of drug-likeness (QED) is 0.657. The van der Waals surface area contributed by atoms with Crippen molar-refractivity contribution in [1.82, 2.24) is 18.1 Å². The Kier molecular flexibility index (Phi) is 5.99. The van der Waals surface area contributed by atoms with Gasteiger partial charge in [-0.1, -0.05) is 18.2 Å². The molecular weight excluding hydrogens is 460 g/mol. The maximum Gasteiger partial charge on any atom is 0.282 e. The number of halogens is 1. The van der Waals surface area contributed by atoms with E-state index in [4.69, 9.17) is 4.74 Å². The van der Waals surface area contributed by atoms with Gasteiger partial charge in [-0.2, -0.15) is 17.0 Å². The molecule has 0 saturated carbocycles. The number of amides is 1. The predicted octanol–water partition coefficient (Wildman–Crippen LogP) is 1.43.